The van der Waals surface area contributed by atoms with E-state index in [9.17, 15) is 0 Å². The molecule has 0 radical (unpaired) electrons. The summed E-state index contributed by atoms with van der Waals surface area (Å²) in [7, 11) is 0. The van der Waals surface area contributed by atoms with Gasteiger partial charge in [0.15, 0.2) is 0 Å². The van der Waals surface area contributed by atoms with Gasteiger partial charge in [-0.15, -0.1) is 0 Å². The summed E-state index contributed by atoms with van der Waals surface area (Å²) in [5.74, 6) is 3.03. The third-order valence-electron chi connectivity index (χ3n) is 4.49. The van der Waals surface area contributed by atoms with Gasteiger partial charge in [-0.3, -0.25) is 0 Å². The van der Waals surface area contributed by atoms with Crippen LogP contribution >= 0.6 is 15.9 Å². The Kier molecular flexibility index (Phi) is 3.76. The van der Waals surface area contributed by atoms with Crippen molar-refractivity contribution < 1.29 is 0 Å². The van der Waals surface area contributed by atoms with E-state index in [1.54, 1.807) is 0 Å². The molecule has 2 aliphatic carbocycles. The smallest absolute Gasteiger partial charge is 0.0303 e. The maximum absolute atomic E-state index is 3.75. The third-order valence-corrected chi connectivity index (χ3v) is 5.21. The fourth-order valence-corrected chi connectivity index (χ4v) is 3.64. The molecule has 0 amide bonds. The number of benzene rings is 1. The van der Waals surface area contributed by atoms with Crippen molar-refractivity contribution in [2.24, 2.45) is 17.8 Å². The van der Waals surface area contributed by atoms with Crippen LogP contribution in [0.3, 0.4) is 0 Å². The molecule has 2 fully saturated rings. The first-order valence-electron chi connectivity index (χ1n) is 7.23. The quantitative estimate of drug-likeness (QED) is 0.814. The van der Waals surface area contributed by atoms with Gasteiger partial charge in [-0.1, -0.05) is 34.1 Å². The summed E-state index contributed by atoms with van der Waals surface area (Å²) >= 11 is 3.65. The number of hydrogen-bond acceptors (Lipinski definition) is 1. The molecule has 0 aromatic heterocycles. The zero-order valence-corrected chi connectivity index (χ0v) is 12.6. The minimum absolute atomic E-state index is 0.445. The van der Waals surface area contributed by atoms with Gasteiger partial charge in [0.25, 0.3) is 0 Å². The van der Waals surface area contributed by atoms with Crippen molar-refractivity contribution >= 4 is 15.9 Å². The van der Waals surface area contributed by atoms with E-state index in [1.807, 2.05) is 0 Å². The van der Waals surface area contributed by atoms with Crippen LogP contribution in [-0.2, 0) is 0 Å². The molecular formula is C16H22BrN. The number of hydrogen-bond donors (Lipinski definition) is 1. The summed E-state index contributed by atoms with van der Waals surface area (Å²) in [6, 6.07) is 8.99. The van der Waals surface area contributed by atoms with Gasteiger partial charge < -0.3 is 5.32 Å². The van der Waals surface area contributed by atoms with E-state index in [-0.39, 0.29) is 0 Å². The molecule has 0 aliphatic heterocycles. The molecule has 2 aliphatic rings. The van der Waals surface area contributed by atoms with Gasteiger partial charge in [0, 0.05) is 10.5 Å². The van der Waals surface area contributed by atoms with E-state index < -0.39 is 0 Å². The molecular weight excluding hydrogens is 286 g/mol. The van der Waals surface area contributed by atoms with Gasteiger partial charge in [0.1, 0.15) is 0 Å². The zero-order chi connectivity index (χ0) is 12.5. The molecule has 2 heteroatoms. The minimum atomic E-state index is 0.445. The lowest BCUT2D eigenvalue weighted by Gasteiger charge is -2.21. The van der Waals surface area contributed by atoms with Crippen LogP contribution in [0.25, 0.3) is 0 Å². The highest BCUT2D eigenvalue weighted by Gasteiger charge is 2.41. The van der Waals surface area contributed by atoms with Crippen LogP contribution in [0.5, 0.6) is 0 Å². The van der Waals surface area contributed by atoms with E-state index in [0.29, 0.717) is 6.04 Å². The molecule has 1 unspecified atom stereocenters. The van der Waals surface area contributed by atoms with Crippen molar-refractivity contribution in [3.63, 3.8) is 0 Å². The number of halogens is 1. The van der Waals surface area contributed by atoms with Crippen LogP contribution in [0, 0.1) is 17.8 Å². The first-order chi connectivity index (χ1) is 8.75. The van der Waals surface area contributed by atoms with Crippen molar-refractivity contribution in [3.05, 3.63) is 34.3 Å². The zero-order valence-electron chi connectivity index (χ0n) is 11.0. The van der Waals surface area contributed by atoms with Gasteiger partial charge in [-0.25, -0.2) is 0 Å². The Morgan fingerprint density at radius 2 is 1.78 bits per heavy atom. The largest absolute Gasteiger partial charge is 0.310 e. The summed E-state index contributed by atoms with van der Waals surface area (Å²) in [6.45, 7) is 3.48. The molecule has 1 aromatic rings. The maximum Gasteiger partial charge on any atom is 0.0303 e. The SMILES string of the molecule is CC(NCC(C1CC1)C1CC1)c1ccccc1Br. The Labute approximate surface area is 118 Å². The molecule has 2 saturated carbocycles. The number of nitrogens with one attached hydrogen (secondary N) is 1. The van der Waals surface area contributed by atoms with Gasteiger partial charge in [0.05, 0.1) is 0 Å². The monoisotopic (exact) mass is 307 g/mol. The third kappa shape index (κ3) is 2.97. The van der Waals surface area contributed by atoms with E-state index >= 15 is 0 Å². The molecule has 0 spiro atoms. The second-order valence-corrected chi connectivity index (χ2v) is 6.84. The summed E-state index contributed by atoms with van der Waals surface area (Å²) < 4.78 is 1.22. The molecule has 0 bridgehead atoms. The van der Waals surface area contributed by atoms with Gasteiger partial charge in [-0.05, 0) is 68.5 Å². The van der Waals surface area contributed by atoms with Crippen molar-refractivity contribution in [1.29, 1.82) is 0 Å². The summed E-state index contributed by atoms with van der Waals surface area (Å²) in [5.41, 5.74) is 1.38. The van der Waals surface area contributed by atoms with E-state index in [1.165, 1.54) is 42.3 Å². The molecule has 0 heterocycles. The van der Waals surface area contributed by atoms with Gasteiger partial charge >= 0.3 is 0 Å². The minimum Gasteiger partial charge on any atom is -0.310 e. The lowest BCUT2D eigenvalue weighted by Crippen LogP contribution is -2.28. The fraction of sp³-hybridized carbons (Fsp3) is 0.625. The highest BCUT2D eigenvalue weighted by atomic mass is 79.9. The normalized spacial score (nSPS) is 21.3. The van der Waals surface area contributed by atoms with Crippen LogP contribution < -0.4 is 5.32 Å². The first kappa shape index (κ1) is 12.7. The Hall–Kier alpha value is -0.340. The highest BCUT2D eigenvalue weighted by molar-refractivity contribution is 9.10. The van der Waals surface area contributed by atoms with Crippen molar-refractivity contribution in [3.8, 4) is 0 Å². The van der Waals surface area contributed by atoms with Crippen molar-refractivity contribution in [2.75, 3.05) is 6.54 Å². The van der Waals surface area contributed by atoms with E-state index in [4.69, 9.17) is 0 Å². The Balaban J connectivity index is 1.57. The van der Waals surface area contributed by atoms with E-state index in [0.717, 1.165) is 17.8 Å². The van der Waals surface area contributed by atoms with Crippen molar-refractivity contribution in [1.82, 2.24) is 5.32 Å². The number of rotatable bonds is 6. The summed E-state index contributed by atoms with van der Waals surface area (Å²) in [5, 5.41) is 3.75. The van der Waals surface area contributed by atoms with Gasteiger partial charge in [0.2, 0.25) is 0 Å². The first-order valence-corrected chi connectivity index (χ1v) is 8.03. The van der Waals surface area contributed by atoms with Crippen LogP contribution in [0.2, 0.25) is 0 Å². The molecule has 1 N–H and O–H groups in total. The average Bonchev–Trinajstić information content (AvgIpc) is 3.24. The lowest BCUT2D eigenvalue weighted by atomic mass is 9.97. The maximum atomic E-state index is 3.75. The molecule has 3 rings (SSSR count). The molecule has 1 aromatic carbocycles. The second-order valence-electron chi connectivity index (χ2n) is 5.99. The molecule has 1 nitrogen and oxygen atoms in total. The lowest BCUT2D eigenvalue weighted by molar-refractivity contribution is 0.362. The van der Waals surface area contributed by atoms with Crippen LogP contribution in [0.4, 0.5) is 0 Å². The molecule has 18 heavy (non-hydrogen) atoms. The second kappa shape index (κ2) is 5.34. The van der Waals surface area contributed by atoms with E-state index in [2.05, 4.69) is 52.4 Å². The molecule has 1 atom stereocenters. The Morgan fingerprint density at radius 1 is 1.17 bits per heavy atom. The Bertz CT molecular complexity index is 397. The molecule has 0 saturated heterocycles. The Morgan fingerprint density at radius 3 is 2.33 bits per heavy atom. The summed E-state index contributed by atoms with van der Waals surface area (Å²) in [6.07, 6.45) is 5.91. The van der Waals surface area contributed by atoms with Crippen LogP contribution in [0.1, 0.15) is 44.2 Å². The summed E-state index contributed by atoms with van der Waals surface area (Å²) in [4.78, 5) is 0. The molecule has 98 valence electrons. The van der Waals surface area contributed by atoms with Crippen molar-refractivity contribution in [2.45, 2.75) is 38.6 Å². The highest BCUT2D eigenvalue weighted by Crippen LogP contribution is 2.49. The van der Waals surface area contributed by atoms with Crippen LogP contribution in [0.15, 0.2) is 28.7 Å². The predicted molar refractivity (Wildman–Crippen MR) is 79.5 cm³/mol. The predicted octanol–water partition coefficient (Wildman–Crippen LogP) is 4.54. The van der Waals surface area contributed by atoms with Gasteiger partial charge in [-0.2, -0.15) is 0 Å². The van der Waals surface area contributed by atoms with Crippen LogP contribution in [-0.4, -0.2) is 6.54 Å². The average molecular weight is 308 g/mol. The standard InChI is InChI=1S/C16H22BrN/c1-11(14-4-2-3-5-16(14)17)18-10-15(12-6-7-12)13-8-9-13/h2-5,11-13,15,18H,6-10H2,1H3. The fourth-order valence-electron chi connectivity index (χ4n) is 3.02. The topological polar surface area (TPSA) is 12.0 Å².